The summed E-state index contributed by atoms with van der Waals surface area (Å²) in [6.45, 7) is 6.13. The predicted octanol–water partition coefficient (Wildman–Crippen LogP) is 4.58. The lowest BCUT2D eigenvalue weighted by Crippen LogP contribution is -2.04. The standard InChI is InChI=1S/C21H22O5/c1-13(2)10-17(22)11-14(3)6-8-25-21-19-16(7-9-24-19)12-15-4-5-18(23)26-20(15)21/h4-7,9-10,12,17,22H,8,11H2,1-3H3. The van der Waals surface area contributed by atoms with Gasteiger partial charge in [0.25, 0.3) is 0 Å². The molecule has 0 spiro atoms. The second-order valence-electron chi connectivity index (χ2n) is 6.59. The summed E-state index contributed by atoms with van der Waals surface area (Å²) in [5.74, 6) is 0.411. The molecule has 2 aromatic heterocycles. The van der Waals surface area contributed by atoms with Crippen LogP contribution in [-0.2, 0) is 0 Å². The van der Waals surface area contributed by atoms with Gasteiger partial charge in [-0.15, -0.1) is 0 Å². The molecule has 5 nitrogen and oxygen atoms in total. The summed E-state index contributed by atoms with van der Waals surface area (Å²) in [5, 5.41) is 11.6. The van der Waals surface area contributed by atoms with Crippen LogP contribution in [0.3, 0.4) is 0 Å². The van der Waals surface area contributed by atoms with Gasteiger partial charge in [-0.3, -0.25) is 0 Å². The Hall–Kier alpha value is -2.79. The summed E-state index contributed by atoms with van der Waals surface area (Å²) in [7, 11) is 0. The Morgan fingerprint density at radius 3 is 2.73 bits per heavy atom. The third-order valence-corrected chi connectivity index (χ3v) is 4.00. The van der Waals surface area contributed by atoms with Crippen molar-refractivity contribution in [3.63, 3.8) is 0 Å². The fourth-order valence-electron chi connectivity index (χ4n) is 2.86. The Balaban J connectivity index is 1.84. The third-order valence-electron chi connectivity index (χ3n) is 4.00. The summed E-state index contributed by atoms with van der Waals surface area (Å²) >= 11 is 0. The SMILES string of the molecule is CC(C)=CC(O)CC(C)=CCOc1c2occc2cc2ccc(=O)oc12. The number of furan rings is 1. The summed E-state index contributed by atoms with van der Waals surface area (Å²) in [4.78, 5) is 11.6. The molecule has 26 heavy (non-hydrogen) atoms. The summed E-state index contributed by atoms with van der Waals surface area (Å²) in [6.07, 6.45) is 5.32. The first-order valence-electron chi connectivity index (χ1n) is 8.49. The molecule has 0 fully saturated rings. The van der Waals surface area contributed by atoms with E-state index in [2.05, 4.69) is 0 Å². The first-order valence-corrected chi connectivity index (χ1v) is 8.49. The van der Waals surface area contributed by atoms with E-state index in [0.717, 1.165) is 21.9 Å². The quantitative estimate of drug-likeness (QED) is 0.518. The fraction of sp³-hybridized carbons (Fsp3) is 0.286. The van der Waals surface area contributed by atoms with Gasteiger partial charge in [-0.25, -0.2) is 4.79 Å². The Labute approximate surface area is 151 Å². The van der Waals surface area contributed by atoms with Crippen LogP contribution in [0.4, 0.5) is 0 Å². The largest absolute Gasteiger partial charge is 0.482 e. The lowest BCUT2D eigenvalue weighted by Gasteiger charge is -2.09. The number of allylic oxidation sites excluding steroid dienone is 1. The molecule has 0 aliphatic carbocycles. The number of fused-ring (bicyclic) bond motifs is 2. The van der Waals surface area contributed by atoms with E-state index in [0.29, 0.717) is 23.3 Å². The summed E-state index contributed by atoms with van der Waals surface area (Å²) < 4.78 is 16.7. The number of hydrogen-bond acceptors (Lipinski definition) is 5. The van der Waals surface area contributed by atoms with Gasteiger partial charge in [-0.2, -0.15) is 0 Å². The maximum absolute atomic E-state index is 11.6. The second kappa shape index (κ2) is 7.62. The Kier molecular flexibility index (Phi) is 5.28. The highest BCUT2D eigenvalue weighted by Crippen LogP contribution is 2.34. The number of aliphatic hydroxyl groups excluding tert-OH is 1. The minimum absolute atomic E-state index is 0.279. The molecule has 0 aliphatic rings. The summed E-state index contributed by atoms with van der Waals surface area (Å²) in [5.41, 5.74) is 2.56. The number of hydrogen-bond donors (Lipinski definition) is 1. The van der Waals surface area contributed by atoms with E-state index >= 15 is 0 Å². The maximum atomic E-state index is 11.6. The van der Waals surface area contributed by atoms with E-state index in [1.165, 1.54) is 6.07 Å². The van der Waals surface area contributed by atoms with Crippen molar-refractivity contribution in [1.29, 1.82) is 0 Å². The highest BCUT2D eigenvalue weighted by atomic mass is 16.5. The van der Waals surface area contributed by atoms with Crippen LogP contribution < -0.4 is 10.4 Å². The molecule has 0 saturated carbocycles. The van der Waals surface area contributed by atoms with Crippen molar-refractivity contribution in [3.8, 4) is 5.75 Å². The molecule has 2 heterocycles. The number of rotatable bonds is 6. The molecule has 1 N–H and O–H groups in total. The molecule has 136 valence electrons. The van der Waals surface area contributed by atoms with E-state index in [4.69, 9.17) is 13.6 Å². The molecule has 3 aromatic rings. The van der Waals surface area contributed by atoms with Crippen LogP contribution in [0.15, 0.2) is 67.5 Å². The zero-order valence-electron chi connectivity index (χ0n) is 15.1. The first kappa shape index (κ1) is 18.0. The smallest absolute Gasteiger partial charge is 0.336 e. The molecule has 0 amide bonds. The minimum atomic E-state index is -0.511. The topological polar surface area (TPSA) is 72.8 Å². The van der Waals surface area contributed by atoms with Crippen LogP contribution in [0, 0.1) is 0 Å². The lowest BCUT2D eigenvalue weighted by molar-refractivity contribution is 0.222. The molecule has 1 aromatic carbocycles. The van der Waals surface area contributed by atoms with Crippen molar-refractivity contribution in [1.82, 2.24) is 0 Å². The van der Waals surface area contributed by atoms with Gasteiger partial charge in [-0.1, -0.05) is 17.2 Å². The number of aliphatic hydroxyl groups is 1. The lowest BCUT2D eigenvalue weighted by atomic mass is 10.1. The molecular weight excluding hydrogens is 332 g/mol. The molecule has 0 radical (unpaired) electrons. The van der Waals surface area contributed by atoms with Gasteiger partial charge in [0.05, 0.1) is 12.4 Å². The van der Waals surface area contributed by atoms with Gasteiger partial charge in [0.15, 0.2) is 11.2 Å². The molecular formula is C21H22O5. The fourth-order valence-corrected chi connectivity index (χ4v) is 2.86. The van der Waals surface area contributed by atoms with Crippen molar-refractivity contribution in [3.05, 3.63) is 64.2 Å². The van der Waals surface area contributed by atoms with Crippen LogP contribution in [0.5, 0.6) is 5.75 Å². The van der Waals surface area contributed by atoms with Crippen LogP contribution in [0.2, 0.25) is 0 Å². The van der Waals surface area contributed by atoms with Gasteiger partial charge in [-0.05, 0) is 51.5 Å². The number of benzene rings is 1. The Morgan fingerprint density at radius 1 is 1.19 bits per heavy atom. The van der Waals surface area contributed by atoms with Gasteiger partial charge in [0, 0.05) is 16.8 Å². The minimum Gasteiger partial charge on any atom is -0.482 e. The van der Waals surface area contributed by atoms with Crippen LogP contribution in [-0.4, -0.2) is 17.8 Å². The molecule has 1 atom stereocenters. The second-order valence-corrected chi connectivity index (χ2v) is 6.59. The van der Waals surface area contributed by atoms with Gasteiger partial charge in [0.1, 0.15) is 6.61 Å². The van der Waals surface area contributed by atoms with E-state index in [9.17, 15) is 9.90 Å². The zero-order valence-corrected chi connectivity index (χ0v) is 15.1. The third kappa shape index (κ3) is 4.06. The van der Waals surface area contributed by atoms with Crippen LogP contribution in [0.25, 0.3) is 21.9 Å². The van der Waals surface area contributed by atoms with E-state index < -0.39 is 11.7 Å². The molecule has 3 rings (SSSR count). The van der Waals surface area contributed by atoms with Crippen molar-refractivity contribution >= 4 is 21.9 Å². The van der Waals surface area contributed by atoms with Gasteiger partial charge in [0.2, 0.25) is 5.75 Å². The number of ether oxygens (including phenoxy) is 1. The van der Waals surface area contributed by atoms with Crippen molar-refractivity contribution < 1.29 is 18.7 Å². The molecule has 0 saturated heterocycles. The Morgan fingerprint density at radius 2 is 1.96 bits per heavy atom. The highest BCUT2D eigenvalue weighted by molar-refractivity contribution is 5.99. The predicted molar refractivity (Wildman–Crippen MR) is 102 cm³/mol. The van der Waals surface area contributed by atoms with Crippen molar-refractivity contribution in [2.75, 3.05) is 6.61 Å². The van der Waals surface area contributed by atoms with E-state index in [-0.39, 0.29) is 6.61 Å². The normalized spacial score (nSPS) is 13.2. The zero-order chi connectivity index (χ0) is 18.7. The van der Waals surface area contributed by atoms with Crippen molar-refractivity contribution in [2.45, 2.75) is 33.3 Å². The van der Waals surface area contributed by atoms with Crippen LogP contribution in [0.1, 0.15) is 27.2 Å². The molecule has 0 bridgehead atoms. The Bertz CT molecular complexity index is 1030. The maximum Gasteiger partial charge on any atom is 0.336 e. The van der Waals surface area contributed by atoms with Gasteiger partial charge < -0.3 is 18.7 Å². The average molecular weight is 354 g/mol. The molecule has 1 unspecified atom stereocenters. The summed E-state index contributed by atoms with van der Waals surface area (Å²) in [6, 6.07) is 6.81. The highest BCUT2D eigenvalue weighted by Gasteiger charge is 2.14. The van der Waals surface area contributed by atoms with Gasteiger partial charge >= 0.3 is 5.63 Å². The first-order chi connectivity index (χ1) is 12.4. The monoisotopic (exact) mass is 354 g/mol. The molecule has 5 heteroatoms. The van der Waals surface area contributed by atoms with Crippen molar-refractivity contribution in [2.24, 2.45) is 0 Å². The van der Waals surface area contributed by atoms with Crippen LogP contribution >= 0.6 is 0 Å². The molecule has 0 aliphatic heterocycles. The van der Waals surface area contributed by atoms with E-state index in [1.54, 1.807) is 12.3 Å². The average Bonchev–Trinajstić information content (AvgIpc) is 3.01. The van der Waals surface area contributed by atoms with E-state index in [1.807, 2.05) is 45.1 Å².